The van der Waals surface area contributed by atoms with Crippen molar-refractivity contribution in [1.82, 2.24) is 5.32 Å². The molecule has 0 spiro atoms. The maximum absolute atomic E-state index is 13.1. The molecular weight excluding hydrogens is 361 g/mol. The van der Waals surface area contributed by atoms with Gasteiger partial charge in [0.25, 0.3) is 0 Å². The van der Waals surface area contributed by atoms with E-state index in [1.54, 1.807) is 0 Å². The van der Waals surface area contributed by atoms with Crippen LogP contribution < -0.4 is 9.62 Å². The van der Waals surface area contributed by atoms with Crippen LogP contribution in [-0.4, -0.2) is 46.4 Å². The Kier molecular flexibility index (Phi) is 5.94. The number of benzene rings is 1. The summed E-state index contributed by atoms with van der Waals surface area (Å²) in [7, 11) is -4.09. The number of amides is 1. The van der Waals surface area contributed by atoms with E-state index in [4.69, 9.17) is 4.74 Å². The number of para-hydroxylation sites is 1. The topological polar surface area (TPSA) is 75.7 Å². The number of anilines is 1. The maximum atomic E-state index is 13.1. The summed E-state index contributed by atoms with van der Waals surface area (Å²) in [5.74, 6) is -0.696. The van der Waals surface area contributed by atoms with Crippen molar-refractivity contribution in [2.45, 2.75) is 25.1 Å². The lowest BCUT2D eigenvalue weighted by atomic mass is 10.1. The number of hydrogen-bond donors (Lipinski definition) is 1. The number of sulfonamides is 1. The van der Waals surface area contributed by atoms with Gasteiger partial charge < -0.3 is 10.1 Å². The summed E-state index contributed by atoms with van der Waals surface area (Å²) in [6.07, 6.45) is -2.50. The number of ether oxygens (including phenoxy) is 1. The predicted molar refractivity (Wildman–Crippen MR) is 85.6 cm³/mol. The number of nitrogens with one attached hydrogen (secondary N) is 1. The average molecular weight is 380 g/mol. The molecule has 1 aromatic carbocycles. The van der Waals surface area contributed by atoms with E-state index >= 15 is 0 Å². The Morgan fingerprint density at radius 3 is 2.60 bits per heavy atom. The molecule has 10 heteroatoms. The maximum Gasteiger partial charge on any atom is 0.418 e. The molecule has 1 unspecified atom stereocenters. The highest BCUT2D eigenvalue weighted by molar-refractivity contribution is 7.92. The van der Waals surface area contributed by atoms with Crippen molar-refractivity contribution < 1.29 is 31.1 Å². The van der Waals surface area contributed by atoms with E-state index in [0.29, 0.717) is 10.9 Å². The summed E-state index contributed by atoms with van der Waals surface area (Å²) >= 11 is 0. The molecule has 1 amide bonds. The van der Waals surface area contributed by atoms with Gasteiger partial charge in [-0.05, 0) is 25.0 Å². The lowest BCUT2D eigenvalue weighted by Crippen LogP contribution is -2.43. The third kappa shape index (κ3) is 5.33. The quantitative estimate of drug-likeness (QED) is 0.816. The molecule has 0 saturated carbocycles. The van der Waals surface area contributed by atoms with Gasteiger partial charge in [-0.25, -0.2) is 8.42 Å². The summed E-state index contributed by atoms with van der Waals surface area (Å²) in [5, 5.41) is 2.50. The van der Waals surface area contributed by atoms with Crippen LogP contribution in [-0.2, 0) is 25.7 Å². The highest BCUT2D eigenvalue weighted by atomic mass is 32.2. The van der Waals surface area contributed by atoms with Gasteiger partial charge >= 0.3 is 6.18 Å². The Morgan fingerprint density at radius 1 is 1.36 bits per heavy atom. The second-order valence-electron chi connectivity index (χ2n) is 5.72. The van der Waals surface area contributed by atoms with Crippen LogP contribution in [0.15, 0.2) is 24.3 Å². The number of alkyl halides is 3. The molecule has 1 saturated heterocycles. The Morgan fingerprint density at radius 2 is 2.04 bits per heavy atom. The van der Waals surface area contributed by atoms with E-state index in [2.05, 4.69) is 5.32 Å². The van der Waals surface area contributed by atoms with E-state index in [9.17, 15) is 26.4 Å². The zero-order valence-corrected chi connectivity index (χ0v) is 14.4. The summed E-state index contributed by atoms with van der Waals surface area (Å²) in [4.78, 5) is 12.0. The molecule has 6 nitrogen and oxygen atoms in total. The Balaban J connectivity index is 2.19. The van der Waals surface area contributed by atoms with Crippen molar-refractivity contribution in [2.75, 3.05) is 30.3 Å². The minimum Gasteiger partial charge on any atom is -0.376 e. The van der Waals surface area contributed by atoms with Crippen LogP contribution in [0.1, 0.15) is 18.4 Å². The molecule has 2 rings (SSSR count). The standard InChI is InChI=1S/C15H19F3N2O4S/c1-25(22,23)20(10-14(21)19-9-11-5-4-8-24-11)13-7-3-2-6-12(13)15(16,17)18/h2-3,6-7,11H,4-5,8-10H2,1H3,(H,19,21). The minimum absolute atomic E-state index is 0.155. The van der Waals surface area contributed by atoms with E-state index in [1.807, 2.05) is 0 Å². The Labute approximate surface area is 144 Å². The highest BCUT2D eigenvalue weighted by Gasteiger charge is 2.36. The fraction of sp³-hybridized carbons (Fsp3) is 0.533. The first-order valence-electron chi connectivity index (χ1n) is 7.61. The zero-order chi connectivity index (χ0) is 18.7. The molecular formula is C15H19F3N2O4S. The van der Waals surface area contributed by atoms with Crippen LogP contribution in [0.5, 0.6) is 0 Å². The van der Waals surface area contributed by atoms with Gasteiger partial charge in [-0.15, -0.1) is 0 Å². The SMILES string of the molecule is CS(=O)(=O)N(CC(=O)NCC1CCCO1)c1ccccc1C(F)(F)F. The molecule has 140 valence electrons. The number of rotatable bonds is 6. The molecule has 25 heavy (non-hydrogen) atoms. The monoisotopic (exact) mass is 380 g/mol. The van der Waals surface area contributed by atoms with Crippen LogP contribution >= 0.6 is 0 Å². The molecule has 0 aliphatic carbocycles. The lowest BCUT2D eigenvalue weighted by Gasteiger charge is -2.25. The minimum atomic E-state index is -4.74. The van der Waals surface area contributed by atoms with Crippen molar-refractivity contribution >= 4 is 21.6 Å². The normalized spacial score (nSPS) is 18.2. The molecule has 1 aromatic rings. The number of halogens is 3. The number of nitrogens with zero attached hydrogens (tertiary/aromatic N) is 1. The second-order valence-corrected chi connectivity index (χ2v) is 7.63. The van der Waals surface area contributed by atoms with Gasteiger partial charge in [0.2, 0.25) is 15.9 Å². The largest absolute Gasteiger partial charge is 0.418 e. The van der Waals surface area contributed by atoms with Gasteiger partial charge in [0, 0.05) is 13.2 Å². The van der Waals surface area contributed by atoms with Crippen LogP contribution in [0.2, 0.25) is 0 Å². The summed E-state index contributed by atoms with van der Waals surface area (Å²) in [5.41, 5.74) is -1.70. The number of carbonyl (C=O) groups excluding carboxylic acids is 1. The molecule has 1 heterocycles. The zero-order valence-electron chi connectivity index (χ0n) is 13.5. The predicted octanol–water partition coefficient (Wildman–Crippen LogP) is 1.77. The smallest absolute Gasteiger partial charge is 0.376 e. The van der Waals surface area contributed by atoms with Gasteiger partial charge in [0.15, 0.2) is 0 Å². The second kappa shape index (κ2) is 7.61. The number of hydrogen-bond acceptors (Lipinski definition) is 4. The van der Waals surface area contributed by atoms with E-state index in [0.717, 1.165) is 37.3 Å². The fourth-order valence-electron chi connectivity index (χ4n) is 2.53. The van der Waals surface area contributed by atoms with Gasteiger partial charge in [-0.1, -0.05) is 12.1 Å². The Bertz CT molecular complexity index is 716. The van der Waals surface area contributed by atoms with Crippen LogP contribution in [0, 0.1) is 0 Å². The van der Waals surface area contributed by atoms with Crippen molar-refractivity contribution in [3.63, 3.8) is 0 Å². The fourth-order valence-corrected chi connectivity index (χ4v) is 3.40. The van der Waals surface area contributed by atoms with Crippen molar-refractivity contribution in [2.24, 2.45) is 0 Å². The molecule has 1 atom stereocenters. The van der Waals surface area contributed by atoms with Crippen molar-refractivity contribution in [1.29, 1.82) is 0 Å². The third-order valence-corrected chi connectivity index (χ3v) is 4.84. The van der Waals surface area contributed by atoms with Crippen molar-refractivity contribution in [3.8, 4) is 0 Å². The molecule has 1 fully saturated rings. The molecule has 0 radical (unpaired) electrons. The van der Waals surface area contributed by atoms with E-state index in [-0.39, 0.29) is 12.6 Å². The third-order valence-electron chi connectivity index (χ3n) is 3.72. The summed E-state index contributed by atoms with van der Waals surface area (Å²) in [6, 6.07) is 4.24. The molecule has 0 bridgehead atoms. The molecule has 1 aliphatic rings. The van der Waals surface area contributed by atoms with Gasteiger partial charge in [0.1, 0.15) is 6.54 Å². The van der Waals surface area contributed by atoms with Crippen LogP contribution in [0.25, 0.3) is 0 Å². The van der Waals surface area contributed by atoms with E-state index < -0.39 is 39.9 Å². The summed E-state index contributed by atoms with van der Waals surface area (Å²) in [6.45, 7) is 0.0466. The molecule has 1 aliphatic heterocycles. The molecule has 0 aromatic heterocycles. The first-order chi connectivity index (χ1) is 11.6. The first-order valence-corrected chi connectivity index (χ1v) is 9.46. The van der Waals surface area contributed by atoms with Crippen molar-refractivity contribution in [3.05, 3.63) is 29.8 Å². The average Bonchev–Trinajstić information content (AvgIpc) is 3.02. The van der Waals surface area contributed by atoms with Crippen LogP contribution in [0.3, 0.4) is 0 Å². The van der Waals surface area contributed by atoms with Gasteiger partial charge in [0.05, 0.1) is 23.6 Å². The molecule has 1 N–H and O–H groups in total. The Hall–Kier alpha value is -1.81. The first kappa shape index (κ1) is 19.5. The highest BCUT2D eigenvalue weighted by Crippen LogP contribution is 2.37. The van der Waals surface area contributed by atoms with E-state index in [1.165, 1.54) is 6.07 Å². The number of carbonyl (C=O) groups is 1. The summed E-state index contributed by atoms with van der Waals surface area (Å²) < 4.78 is 69.2. The van der Waals surface area contributed by atoms with Gasteiger partial charge in [-0.2, -0.15) is 13.2 Å². The van der Waals surface area contributed by atoms with Gasteiger partial charge in [-0.3, -0.25) is 9.10 Å². The van der Waals surface area contributed by atoms with Crippen LogP contribution in [0.4, 0.5) is 18.9 Å². The lowest BCUT2D eigenvalue weighted by molar-refractivity contribution is -0.137.